The first-order chi connectivity index (χ1) is 11.8. The Morgan fingerprint density at radius 2 is 1.88 bits per heavy atom. The van der Waals surface area contributed by atoms with Gasteiger partial charge in [-0.15, -0.1) is 0 Å². The van der Waals surface area contributed by atoms with Crippen LogP contribution in [0.1, 0.15) is 25.7 Å². The van der Waals surface area contributed by atoms with Gasteiger partial charge in [-0.25, -0.2) is 0 Å². The van der Waals surface area contributed by atoms with Gasteiger partial charge in [0.25, 0.3) is 0 Å². The maximum atomic E-state index is 12.5. The van der Waals surface area contributed by atoms with Crippen molar-refractivity contribution in [1.29, 1.82) is 0 Å². The number of halogens is 2. The number of likely N-dealkylation sites (N-methyl/N-ethyl adjacent to an activating group) is 1. The number of benzene rings is 1. The maximum Gasteiger partial charge on any atom is 0.306 e. The molecule has 1 fully saturated rings. The van der Waals surface area contributed by atoms with Crippen molar-refractivity contribution in [3.8, 4) is 0 Å². The summed E-state index contributed by atoms with van der Waals surface area (Å²) in [5.74, 6) is -2.26. The number of anilines is 1. The van der Waals surface area contributed by atoms with Crippen LogP contribution in [0.3, 0.4) is 0 Å². The molecule has 0 heterocycles. The molecule has 2 rings (SSSR count). The van der Waals surface area contributed by atoms with E-state index in [1.54, 1.807) is 19.2 Å². The highest BCUT2D eigenvalue weighted by atomic mass is 35.5. The number of nitrogens with one attached hydrogen (secondary N) is 1. The summed E-state index contributed by atoms with van der Waals surface area (Å²) in [6, 6.07) is 4.72. The van der Waals surface area contributed by atoms with Gasteiger partial charge in [-0.3, -0.25) is 14.4 Å². The normalized spacial score (nSPS) is 20.0. The monoisotopic (exact) mass is 386 g/mol. The Bertz CT molecular complexity index is 681. The molecule has 0 saturated heterocycles. The van der Waals surface area contributed by atoms with Gasteiger partial charge >= 0.3 is 5.97 Å². The summed E-state index contributed by atoms with van der Waals surface area (Å²) in [4.78, 5) is 37.0. The molecule has 0 spiro atoms. The van der Waals surface area contributed by atoms with Gasteiger partial charge in [-0.1, -0.05) is 29.6 Å². The molecule has 8 heteroatoms. The number of aliphatic carboxylic acids is 1. The lowest BCUT2D eigenvalue weighted by molar-refractivity contribution is -0.145. The van der Waals surface area contributed by atoms with E-state index in [-0.39, 0.29) is 24.3 Å². The third-order valence-corrected chi connectivity index (χ3v) is 5.07. The second-order valence-corrected chi connectivity index (χ2v) is 7.08. The van der Waals surface area contributed by atoms with Crippen molar-refractivity contribution in [2.75, 3.05) is 18.9 Å². The highest BCUT2D eigenvalue weighted by Crippen LogP contribution is 2.30. The lowest BCUT2D eigenvalue weighted by atomic mass is 9.81. The molecule has 6 nitrogen and oxygen atoms in total. The van der Waals surface area contributed by atoms with Crippen LogP contribution >= 0.6 is 23.2 Å². The molecular weight excluding hydrogens is 367 g/mol. The van der Waals surface area contributed by atoms with Crippen molar-refractivity contribution >= 4 is 46.7 Å². The van der Waals surface area contributed by atoms with Gasteiger partial charge in [-0.2, -0.15) is 0 Å². The van der Waals surface area contributed by atoms with Crippen LogP contribution in [0.15, 0.2) is 18.2 Å². The van der Waals surface area contributed by atoms with Gasteiger partial charge in [0.1, 0.15) is 0 Å². The van der Waals surface area contributed by atoms with Crippen molar-refractivity contribution in [2.24, 2.45) is 11.8 Å². The van der Waals surface area contributed by atoms with Crippen molar-refractivity contribution in [3.05, 3.63) is 28.2 Å². The van der Waals surface area contributed by atoms with Crippen LogP contribution in [-0.4, -0.2) is 41.4 Å². The number of hydrogen-bond donors (Lipinski definition) is 2. The average Bonchev–Trinajstić information content (AvgIpc) is 2.57. The predicted octanol–water partition coefficient (Wildman–Crippen LogP) is 3.28. The number of carboxylic acid groups (broad SMARTS) is 1. The number of carbonyl (C=O) groups excluding carboxylic acids is 2. The number of amides is 2. The minimum atomic E-state index is -0.863. The molecule has 1 aromatic carbocycles. The number of carbonyl (C=O) groups is 3. The van der Waals surface area contributed by atoms with Gasteiger partial charge in [0.15, 0.2) is 0 Å². The SMILES string of the molecule is CN(CC(=O)Nc1ccc(Cl)c(Cl)c1)C(=O)C1CCCC(C(=O)O)C1. The third-order valence-electron chi connectivity index (χ3n) is 4.33. The molecule has 0 aromatic heterocycles. The van der Waals surface area contributed by atoms with Crippen LogP contribution in [0, 0.1) is 11.8 Å². The third kappa shape index (κ3) is 5.34. The second kappa shape index (κ2) is 8.54. The van der Waals surface area contributed by atoms with Crippen molar-refractivity contribution < 1.29 is 19.5 Å². The first kappa shape index (κ1) is 19.5. The Balaban J connectivity index is 1.90. The van der Waals surface area contributed by atoms with E-state index in [1.807, 2.05) is 0 Å². The molecule has 136 valence electrons. The van der Waals surface area contributed by atoms with Crippen LogP contribution < -0.4 is 5.32 Å². The fraction of sp³-hybridized carbons (Fsp3) is 0.471. The Kier molecular flexibility index (Phi) is 6.67. The molecule has 2 amide bonds. The van der Waals surface area contributed by atoms with Gasteiger partial charge < -0.3 is 15.3 Å². The van der Waals surface area contributed by atoms with E-state index in [1.165, 1.54) is 11.0 Å². The zero-order valence-corrected chi connectivity index (χ0v) is 15.3. The highest BCUT2D eigenvalue weighted by molar-refractivity contribution is 6.42. The molecule has 1 aliphatic rings. The van der Waals surface area contributed by atoms with Crippen molar-refractivity contribution in [3.63, 3.8) is 0 Å². The van der Waals surface area contributed by atoms with E-state index in [0.29, 0.717) is 41.4 Å². The quantitative estimate of drug-likeness (QED) is 0.812. The first-order valence-electron chi connectivity index (χ1n) is 8.00. The summed E-state index contributed by atoms with van der Waals surface area (Å²) in [5, 5.41) is 12.5. The number of nitrogens with zero attached hydrogens (tertiary/aromatic N) is 1. The molecule has 25 heavy (non-hydrogen) atoms. The number of carboxylic acids is 1. The van der Waals surface area contributed by atoms with Gasteiger partial charge in [-0.05, 0) is 37.5 Å². The summed E-state index contributed by atoms with van der Waals surface area (Å²) >= 11 is 11.7. The van der Waals surface area contributed by atoms with E-state index in [0.717, 1.165) is 0 Å². The molecule has 0 bridgehead atoms. The Morgan fingerprint density at radius 3 is 2.52 bits per heavy atom. The summed E-state index contributed by atoms with van der Waals surface area (Å²) in [6.45, 7) is -0.118. The summed E-state index contributed by atoms with van der Waals surface area (Å²) in [5.41, 5.74) is 0.490. The van der Waals surface area contributed by atoms with E-state index in [9.17, 15) is 14.4 Å². The van der Waals surface area contributed by atoms with Gasteiger partial charge in [0.05, 0.1) is 22.5 Å². The predicted molar refractivity (Wildman–Crippen MR) is 95.8 cm³/mol. The molecule has 2 N–H and O–H groups in total. The smallest absolute Gasteiger partial charge is 0.306 e. The molecule has 1 aromatic rings. The molecule has 2 unspecified atom stereocenters. The summed E-state index contributed by atoms with van der Waals surface area (Å²) in [7, 11) is 1.54. The lowest BCUT2D eigenvalue weighted by Crippen LogP contribution is -2.40. The van der Waals surface area contributed by atoms with Crippen molar-refractivity contribution in [2.45, 2.75) is 25.7 Å². The van der Waals surface area contributed by atoms with Crippen LogP contribution in [0.2, 0.25) is 10.0 Å². The topological polar surface area (TPSA) is 86.7 Å². The van der Waals surface area contributed by atoms with E-state index < -0.39 is 11.9 Å². The van der Waals surface area contributed by atoms with Crippen molar-refractivity contribution in [1.82, 2.24) is 4.90 Å². The molecule has 2 atom stereocenters. The van der Waals surface area contributed by atoms with E-state index >= 15 is 0 Å². The zero-order chi connectivity index (χ0) is 18.6. The minimum absolute atomic E-state index is 0.118. The lowest BCUT2D eigenvalue weighted by Gasteiger charge is -2.29. The second-order valence-electron chi connectivity index (χ2n) is 6.27. The fourth-order valence-corrected chi connectivity index (χ4v) is 3.32. The summed E-state index contributed by atoms with van der Waals surface area (Å²) < 4.78 is 0. The van der Waals surface area contributed by atoms with E-state index in [4.69, 9.17) is 28.3 Å². The van der Waals surface area contributed by atoms with Gasteiger partial charge in [0, 0.05) is 18.7 Å². The molecule has 0 radical (unpaired) electrons. The zero-order valence-electron chi connectivity index (χ0n) is 13.8. The van der Waals surface area contributed by atoms with Crippen LogP contribution in [0.5, 0.6) is 0 Å². The first-order valence-corrected chi connectivity index (χ1v) is 8.76. The average molecular weight is 387 g/mol. The van der Waals surface area contributed by atoms with Crippen LogP contribution in [0.4, 0.5) is 5.69 Å². The molecular formula is C17H20Cl2N2O4. The number of rotatable bonds is 5. The highest BCUT2D eigenvalue weighted by Gasteiger charge is 2.32. The Hall–Kier alpha value is -1.79. The van der Waals surface area contributed by atoms with Gasteiger partial charge in [0.2, 0.25) is 11.8 Å². The van der Waals surface area contributed by atoms with E-state index in [2.05, 4.69) is 5.32 Å². The maximum absolute atomic E-state index is 12.5. The van der Waals surface area contributed by atoms with Crippen LogP contribution in [0.25, 0.3) is 0 Å². The largest absolute Gasteiger partial charge is 0.481 e. The molecule has 0 aliphatic heterocycles. The standard InChI is InChI=1S/C17H20Cl2N2O4/c1-21(16(23)10-3-2-4-11(7-10)17(24)25)9-15(22)20-12-5-6-13(18)14(19)8-12/h5-6,8,10-11H,2-4,7,9H2,1H3,(H,20,22)(H,24,25). The number of hydrogen-bond acceptors (Lipinski definition) is 3. The molecule has 1 saturated carbocycles. The fourth-order valence-electron chi connectivity index (χ4n) is 3.02. The summed E-state index contributed by atoms with van der Waals surface area (Å²) in [6.07, 6.45) is 2.28. The molecule has 1 aliphatic carbocycles. The van der Waals surface area contributed by atoms with Crippen LogP contribution in [-0.2, 0) is 14.4 Å². The minimum Gasteiger partial charge on any atom is -0.481 e. The Morgan fingerprint density at radius 1 is 1.20 bits per heavy atom. The Labute approximate surface area is 156 Å².